The van der Waals surface area contributed by atoms with Gasteiger partial charge in [0.25, 0.3) is 5.91 Å². The van der Waals surface area contributed by atoms with Crippen molar-refractivity contribution in [1.82, 2.24) is 4.98 Å². The lowest BCUT2D eigenvalue weighted by atomic mass is 10.1. The minimum Gasteiger partial charge on any atom is -0.364 e. The van der Waals surface area contributed by atoms with Crippen LogP contribution in [0, 0.1) is 0 Å². The largest absolute Gasteiger partial charge is 0.364 e. The molecule has 1 aromatic heterocycles. The van der Waals surface area contributed by atoms with E-state index in [0.717, 1.165) is 22.1 Å². The Hall–Kier alpha value is -3.91. The normalized spacial score (nSPS) is 10.6. The second kappa shape index (κ2) is 8.22. The lowest BCUT2D eigenvalue weighted by Gasteiger charge is -2.07. The molecule has 3 aromatic carbocycles. The molecule has 0 bridgehead atoms. The van der Waals surface area contributed by atoms with Crippen LogP contribution < -0.4 is 21.7 Å². The SMILES string of the molecule is CC(=O)Nc1ccc(Nc2sc(Nc3cccc4ccccc34)nc2C(N)=O)cc1. The van der Waals surface area contributed by atoms with Crippen LogP contribution in [0.5, 0.6) is 0 Å². The molecule has 0 fully saturated rings. The number of fused-ring (bicyclic) bond motifs is 1. The van der Waals surface area contributed by atoms with Crippen LogP contribution in [0.2, 0.25) is 0 Å². The number of amides is 2. The summed E-state index contributed by atoms with van der Waals surface area (Å²) in [4.78, 5) is 27.4. The second-order valence-electron chi connectivity index (χ2n) is 6.60. The lowest BCUT2D eigenvalue weighted by Crippen LogP contribution is -2.13. The standard InChI is InChI=1S/C22H19N5O2S/c1-13(28)24-15-9-11-16(12-10-15)25-21-19(20(23)29)27-22(30-21)26-18-8-4-6-14-5-2-3-7-17(14)18/h2-12,25H,1H3,(H2,23,29)(H,24,28)(H,26,27). The summed E-state index contributed by atoms with van der Waals surface area (Å²) < 4.78 is 0. The number of hydrogen-bond donors (Lipinski definition) is 4. The highest BCUT2D eigenvalue weighted by molar-refractivity contribution is 7.20. The van der Waals surface area contributed by atoms with Crippen LogP contribution in [-0.2, 0) is 4.79 Å². The molecule has 0 saturated carbocycles. The first kappa shape index (κ1) is 19.4. The van der Waals surface area contributed by atoms with Crippen molar-refractivity contribution in [2.24, 2.45) is 5.73 Å². The third-order valence-corrected chi connectivity index (χ3v) is 5.24. The first-order chi connectivity index (χ1) is 14.5. The minimum absolute atomic E-state index is 0.140. The summed E-state index contributed by atoms with van der Waals surface area (Å²) in [5.41, 5.74) is 8.02. The van der Waals surface area contributed by atoms with Gasteiger partial charge in [0.2, 0.25) is 5.91 Å². The Morgan fingerprint density at radius 2 is 1.60 bits per heavy atom. The van der Waals surface area contributed by atoms with Gasteiger partial charge in [0, 0.05) is 29.4 Å². The first-order valence-electron chi connectivity index (χ1n) is 9.20. The van der Waals surface area contributed by atoms with E-state index in [2.05, 4.69) is 20.9 Å². The fourth-order valence-electron chi connectivity index (χ4n) is 3.05. The van der Waals surface area contributed by atoms with Gasteiger partial charge in [-0.05, 0) is 35.7 Å². The van der Waals surface area contributed by atoms with Gasteiger partial charge in [-0.25, -0.2) is 4.98 Å². The van der Waals surface area contributed by atoms with Gasteiger partial charge in [-0.2, -0.15) is 0 Å². The average molecular weight is 417 g/mol. The van der Waals surface area contributed by atoms with E-state index in [1.807, 2.05) is 42.5 Å². The van der Waals surface area contributed by atoms with Crippen LogP contribution in [0.4, 0.5) is 27.2 Å². The van der Waals surface area contributed by atoms with E-state index in [1.165, 1.54) is 18.3 Å². The molecule has 4 aromatic rings. The Labute approximate surface area is 176 Å². The molecular weight excluding hydrogens is 398 g/mol. The van der Waals surface area contributed by atoms with Crippen molar-refractivity contribution in [3.8, 4) is 0 Å². The zero-order chi connectivity index (χ0) is 21.1. The number of nitrogens with two attached hydrogens (primary N) is 1. The Balaban J connectivity index is 1.60. The third-order valence-electron chi connectivity index (χ3n) is 4.35. The van der Waals surface area contributed by atoms with Gasteiger partial charge < -0.3 is 21.7 Å². The van der Waals surface area contributed by atoms with Gasteiger partial charge in [-0.15, -0.1) is 0 Å². The molecule has 8 heteroatoms. The number of rotatable bonds is 6. The van der Waals surface area contributed by atoms with E-state index in [4.69, 9.17) is 5.73 Å². The number of carbonyl (C=O) groups excluding carboxylic acids is 2. The third kappa shape index (κ3) is 4.23. The second-order valence-corrected chi connectivity index (χ2v) is 7.60. The number of hydrogen-bond acceptors (Lipinski definition) is 6. The number of aromatic nitrogens is 1. The van der Waals surface area contributed by atoms with E-state index >= 15 is 0 Å². The van der Waals surface area contributed by atoms with Crippen molar-refractivity contribution in [1.29, 1.82) is 0 Å². The predicted octanol–water partition coefficient (Wildman–Crippen LogP) is 4.84. The molecule has 0 radical (unpaired) electrons. The summed E-state index contributed by atoms with van der Waals surface area (Å²) in [7, 11) is 0. The Morgan fingerprint density at radius 3 is 2.33 bits per heavy atom. The van der Waals surface area contributed by atoms with Crippen LogP contribution in [0.3, 0.4) is 0 Å². The molecule has 0 atom stereocenters. The smallest absolute Gasteiger partial charge is 0.270 e. The van der Waals surface area contributed by atoms with Crippen LogP contribution in [0.1, 0.15) is 17.4 Å². The molecule has 4 rings (SSSR count). The van der Waals surface area contributed by atoms with Crippen molar-refractivity contribution < 1.29 is 9.59 Å². The van der Waals surface area contributed by atoms with Gasteiger partial charge >= 0.3 is 0 Å². The van der Waals surface area contributed by atoms with Gasteiger partial charge in [0.05, 0.1) is 0 Å². The molecular formula is C22H19N5O2S. The fraction of sp³-hybridized carbons (Fsp3) is 0.0455. The molecule has 0 aliphatic heterocycles. The summed E-state index contributed by atoms with van der Waals surface area (Å²) in [6, 6.07) is 21.1. The highest BCUT2D eigenvalue weighted by Gasteiger charge is 2.17. The Morgan fingerprint density at radius 1 is 0.900 bits per heavy atom. The molecule has 2 amide bonds. The molecule has 5 N–H and O–H groups in total. The summed E-state index contributed by atoms with van der Waals surface area (Å²) >= 11 is 1.30. The van der Waals surface area contributed by atoms with Crippen molar-refractivity contribution in [3.05, 3.63) is 72.4 Å². The van der Waals surface area contributed by atoms with Crippen LogP contribution in [0.25, 0.3) is 10.8 Å². The van der Waals surface area contributed by atoms with Gasteiger partial charge in [-0.1, -0.05) is 47.7 Å². The minimum atomic E-state index is -0.616. The summed E-state index contributed by atoms with van der Waals surface area (Å²) in [6.45, 7) is 1.45. The van der Waals surface area contributed by atoms with E-state index in [1.54, 1.807) is 24.3 Å². The van der Waals surface area contributed by atoms with Crippen LogP contribution in [-0.4, -0.2) is 16.8 Å². The van der Waals surface area contributed by atoms with E-state index < -0.39 is 5.91 Å². The molecule has 0 aliphatic rings. The maximum absolute atomic E-state index is 11.9. The average Bonchev–Trinajstić information content (AvgIpc) is 3.12. The van der Waals surface area contributed by atoms with Gasteiger partial charge in [-0.3, -0.25) is 9.59 Å². The predicted molar refractivity (Wildman–Crippen MR) is 122 cm³/mol. The Bertz CT molecular complexity index is 1230. The topological polar surface area (TPSA) is 109 Å². The van der Waals surface area contributed by atoms with E-state index in [9.17, 15) is 9.59 Å². The van der Waals surface area contributed by atoms with Crippen LogP contribution in [0.15, 0.2) is 66.7 Å². The molecule has 7 nitrogen and oxygen atoms in total. The summed E-state index contributed by atoms with van der Waals surface area (Å²) in [5, 5.41) is 12.4. The number of thiazole rings is 1. The summed E-state index contributed by atoms with van der Waals surface area (Å²) in [6.07, 6.45) is 0. The fourth-order valence-corrected chi connectivity index (χ4v) is 3.95. The number of nitrogens with one attached hydrogen (secondary N) is 3. The molecule has 0 unspecified atom stereocenters. The quantitative estimate of drug-likeness (QED) is 0.359. The molecule has 0 aliphatic carbocycles. The number of carbonyl (C=O) groups is 2. The number of benzene rings is 3. The Kier molecular flexibility index (Phi) is 5.32. The monoisotopic (exact) mass is 417 g/mol. The maximum Gasteiger partial charge on any atom is 0.270 e. The molecule has 1 heterocycles. The molecule has 30 heavy (non-hydrogen) atoms. The number of anilines is 5. The van der Waals surface area contributed by atoms with Crippen molar-refractivity contribution >= 4 is 61.1 Å². The lowest BCUT2D eigenvalue weighted by molar-refractivity contribution is -0.114. The number of primary amides is 1. The van der Waals surface area contributed by atoms with Crippen molar-refractivity contribution in [2.45, 2.75) is 6.92 Å². The van der Waals surface area contributed by atoms with Crippen LogP contribution >= 0.6 is 11.3 Å². The number of nitrogens with zero attached hydrogens (tertiary/aromatic N) is 1. The van der Waals surface area contributed by atoms with E-state index in [-0.39, 0.29) is 11.6 Å². The maximum atomic E-state index is 11.9. The molecule has 0 spiro atoms. The van der Waals surface area contributed by atoms with E-state index in [0.29, 0.717) is 15.8 Å². The van der Waals surface area contributed by atoms with Gasteiger partial charge in [0.15, 0.2) is 10.8 Å². The van der Waals surface area contributed by atoms with Crippen molar-refractivity contribution in [3.63, 3.8) is 0 Å². The first-order valence-corrected chi connectivity index (χ1v) is 10.0. The van der Waals surface area contributed by atoms with Crippen molar-refractivity contribution in [2.75, 3.05) is 16.0 Å². The highest BCUT2D eigenvalue weighted by atomic mass is 32.1. The molecule has 0 saturated heterocycles. The zero-order valence-electron chi connectivity index (χ0n) is 16.1. The molecule has 150 valence electrons. The highest BCUT2D eigenvalue weighted by Crippen LogP contribution is 2.34. The zero-order valence-corrected chi connectivity index (χ0v) is 16.9. The van der Waals surface area contributed by atoms with Gasteiger partial charge in [0.1, 0.15) is 5.00 Å². The summed E-state index contributed by atoms with van der Waals surface area (Å²) in [5.74, 6) is -0.757.